The maximum atomic E-state index is 12.7. The molecule has 2 atom stereocenters. The highest BCUT2D eigenvalue weighted by Crippen LogP contribution is 2.49. The van der Waals surface area contributed by atoms with E-state index in [0.29, 0.717) is 36.9 Å². The zero-order chi connectivity index (χ0) is 17.6. The van der Waals surface area contributed by atoms with E-state index < -0.39 is 11.4 Å². The molecule has 1 amide bonds. The molecule has 0 aromatic carbocycles. The molecule has 2 aromatic rings. The number of nitrogens with zero attached hydrogens (tertiary/aromatic N) is 2. The van der Waals surface area contributed by atoms with Gasteiger partial charge in [-0.05, 0) is 37.1 Å². The van der Waals surface area contributed by atoms with Crippen LogP contribution in [-0.2, 0) is 16.0 Å². The summed E-state index contributed by atoms with van der Waals surface area (Å²) in [7, 11) is 0. The Hall–Kier alpha value is -2.15. The number of carboxylic acids is 1. The molecule has 7 heteroatoms. The number of amides is 1. The van der Waals surface area contributed by atoms with Crippen LogP contribution in [0.3, 0.4) is 0 Å². The summed E-state index contributed by atoms with van der Waals surface area (Å²) in [6.07, 6.45) is 2.65. The number of fused-ring (bicyclic) bond motifs is 1. The number of hydrogen-bond donors (Lipinski definition) is 1. The van der Waals surface area contributed by atoms with Crippen molar-refractivity contribution < 1.29 is 19.1 Å². The molecule has 0 spiro atoms. The summed E-state index contributed by atoms with van der Waals surface area (Å²) >= 11 is 1.54. The summed E-state index contributed by atoms with van der Waals surface area (Å²) in [5.74, 6) is 0.431. The summed E-state index contributed by atoms with van der Waals surface area (Å²) in [6, 6.07) is 3.86. The van der Waals surface area contributed by atoms with Gasteiger partial charge >= 0.3 is 5.97 Å². The van der Waals surface area contributed by atoms with Crippen molar-refractivity contribution in [1.82, 2.24) is 9.88 Å². The molecule has 1 N–H and O–H groups in total. The number of hydrogen-bond acceptors (Lipinski definition) is 5. The number of carboxylic acid groups (broad SMARTS) is 1. The molecule has 1 saturated carbocycles. The average Bonchev–Trinajstić information content (AvgIpc) is 3.29. The topological polar surface area (TPSA) is 83.6 Å². The fraction of sp³-hybridized carbons (Fsp3) is 0.500. The van der Waals surface area contributed by atoms with E-state index >= 15 is 0 Å². The van der Waals surface area contributed by atoms with E-state index in [1.54, 1.807) is 4.90 Å². The summed E-state index contributed by atoms with van der Waals surface area (Å²) in [6.45, 7) is 2.67. The fourth-order valence-electron chi connectivity index (χ4n) is 4.18. The van der Waals surface area contributed by atoms with E-state index in [1.807, 2.05) is 24.4 Å². The number of aliphatic carboxylic acids is 1. The van der Waals surface area contributed by atoms with Gasteiger partial charge in [-0.15, -0.1) is 11.3 Å². The quantitative estimate of drug-likeness (QED) is 0.906. The third-order valence-corrected chi connectivity index (χ3v) is 6.45. The van der Waals surface area contributed by atoms with Crippen molar-refractivity contribution >= 4 is 23.2 Å². The van der Waals surface area contributed by atoms with Gasteiger partial charge in [0, 0.05) is 13.1 Å². The normalized spacial score (nSPS) is 25.3. The molecule has 0 bridgehead atoms. The predicted molar refractivity (Wildman–Crippen MR) is 92.2 cm³/mol. The Bertz CT molecular complexity index is 813. The molecule has 1 aliphatic heterocycles. The minimum atomic E-state index is -0.761. The Labute approximate surface area is 149 Å². The molecule has 132 valence electrons. The van der Waals surface area contributed by atoms with Crippen molar-refractivity contribution in [2.75, 3.05) is 13.1 Å². The molecule has 25 heavy (non-hydrogen) atoms. The molecule has 0 unspecified atom stereocenters. The Morgan fingerprint density at radius 1 is 1.52 bits per heavy atom. The van der Waals surface area contributed by atoms with Crippen LogP contribution >= 0.6 is 11.3 Å². The second-order valence-corrected chi connectivity index (χ2v) is 7.95. The van der Waals surface area contributed by atoms with E-state index in [4.69, 9.17) is 4.42 Å². The number of carbonyl (C=O) groups excluding carboxylic acids is 1. The van der Waals surface area contributed by atoms with Crippen LogP contribution in [0.25, 0.3) is 10.8 Å². The summed E-state index contributed by atoms with van der Waals surface area (Å²) in [5.41, 5.74) is -0.105. The van der Waals surface area contributed by atoms with Crippen LogP contribution < -0.4 is 0 Å². The number of oxazole rings is 1. The second-order valence-electron chi connectivity index (χ2n) is 7.00. The van der Waals surface area contributed by atoms with Crippen molar-refractivity contribution in [3.05, 3.63) is 29.0 Å². The predicted octanol–water partition coefficient (Wildman–Crippen LogP) is 2.97. The van der Waals surface area contributed by atoms with E-state index in [9.17, 15) is 14.7 Å². The highest BCUT2D eigenvalue weighted by molar-refractivity contribution is 7.13. The van der Waals surface area contributed by atoms with Gasteiger partial charge in [0.15, 0.2) is 0 Å². The molecule has 2 aliphatic rings. The number of aryl methyl sites for hydroxylation is 1. The number of aromatic nitrogens is 1. The molecule has 1 aliphatic carbocycles. The van der Waals surface area contributed by atoms with Gasteiger partial charge in [-0.3, -0.25) is 9.59 Å². The van der Waals surface area contributed by atoms with Crippen molar-refractivity contribution in [3.63, 3.8) is 0 Å². The highest BCUT2D eigenvalue weighted by Gasteiger charge is 2.55. The third kappa shape index (κ3) is 2.66. The average molecular weight is 360 g/mol. The van der Waals surface area contributed by atoms with Gasteiger partial charge in [0.1, 0.15) is 5.76 Å². The first-order chi connectivity index (χ1) is 12.0. The van der Waals surface area contributed by atoms with Crippen LogP contribution in [0.15, 0.2) is 21.9 Å². The Kier molecular flexibility index (Phi) is 3.91. The Balaban J connectivity index is 1.49. The SMILES string of the molecule is Cc1oc(-c2cccs2)nc1CC(=O)N1C[C@@H]2CCC[C@@]2(C(=O)O)C1. The lowest BCUT2D eigenvalue weighted by Gasteiger charge is -2.23. The maximum absolute atomic E-state index is 12.7. The van der Waals surface area contributed by atoms with Crippen molar-refractivity contribution in [3.8, 4) is 10.8 Å². The van der Waals surface area contributed by atoms with Crippen LogP contribution in [0.4, 0.5) is 0 Å². The zero-order valence-electron chi connectivity index (χ0n) is 14.0. The molecule has 4 rings (SSSR count). The van der Waals surface area contributed by atoms with Gasteiger partial charge < -0.3 is 14.4 Å². The lowest BCUT2D eigenvalue weighted by Crippen LogP contribution is -2.37. The molecule has 2 aromatic heterocycles. The third-order valence-electron chi connectivity index (χ3n) is 5.59. The van der Waals surface area contributed by atoms with Crippen LogP contribution in [0, 0.1) is 18.3 Å². The minimum absolute atomic E-state index is 0.0656. The number of carbonyl (C=O) groups is 2. The molecule has 3 heterocycles. The Morgan fingerprint density at radius 3 is 3.04 bits per heavy atom. The largest absolute Gasteiger partial charge is 0.481 e. The van der Waals surface area contributed by atoms with Crippen molar-refractivity contribution in [2.24, 2.45) is 11.3 Å². The monoisotopic (exact) mass is 360 g/mol. The van der Waals surface area contributed by atoms with E-state index in [2.05, 4.69) is 4.98 Å². The smallest absolute Gasteiger partial charge is 0.311 e. The van der Waals surface area contributed by atoms with E-state index in [1.165, 1.54) is 11.3 Å². The molecule has 1 saturated heterocycles. The first kappa shape index (κ1) is 16.3. The van der Waals surface area contributed by atoms with Gasteiger partial charge in [0.2, 0.25) is 11.8 Å². The molecule has 2 fully saturated rings. The van der Waals surface area contributed by atoms with Gasteiger partial charge in [-0.2, -0.15) is 0 Å². The number of rotatable bonds is 4. The van der Waals surface area contributed by atoms with E-state index in [0.717, 1.165) is 17.7 Å². The first-order valence-corrected chi connectivity index (χ1v) is 9.39. The van der Waals surface area contributed by atoms with Gasteiger partial charge in [0.25, 0.3) is 0 Å². The lowest BCUT2D eigenvalue weighted by molar-refractivity contribution is -0.149. The van der Waals surface area contributed by atoms with Crippen LogP contribution in [-0.4, -0.2) is 40.0 Å². The molecule has 6 nitrogen and oxygen atoms in total. The Morgan fingerprint density at radius 2 is 2.36 bits per heavy atom. The van der Waals surface area contributed by atoms with E-state index in [-0.39, 0.29) is 18.2 Å². The van der Waals surface area contributed by atoms with Crippen molar-refractivity contribution in [1.29, 1.82) is 0 Å². The summed E-state index contributed by atoms with van der Waals surface area (Å²) < 4.78 is 5.69. The van der Waals surface area contributed by atoms with Crippen LogP contribution in [0.5, 0.6) is 0 Å². The maximum Gasteiger partial charge on any atom is 0.311 e. The lowest BCUT2D eigenvalue weighted by atomic mass is 9.81. The zero-order valence-corrected chi connectivity index (χ0v) is 14.8. The van der Waals surface area contributed by atoms with Crippen LogP contribution in [0.1, 0.15) is 30.7 Å². The molecule has 0 radical (unpaired) electrons. The summed E-state index contributed by atoms with van der Waals surface area (Å²) in [5, 5.41) is 11.6. The van der Waals surface area contributed by atoms with Crippen LogP contribution in [0.2, 0.25) is 0 Å². The van der Waals surface area contributed by atoms with Crippen molar-refractivity contribution in [2.45, 2.75) is 32.6 Å². The molecular formula is C18H20N2O4S. The minimum Gasteiger partial charge on any atom is -0.481 e. The standard InChI is InChI=1S/C18H20N2O4S/c1-11-13(19-16(24-11)14-5-3-7-25-14)8-15(21)20-9-12-4-2-6-18(12,10-20)17(22)23/h3,5,7,12H,2,4,6,8-10H2,1H3,(H,22,23)/t12-,18+/m0/s1. The first-order valence-electron chi connectivity index (χ1n) is 8.51. The summed E-state index contributed by atoms with van der Waals surface area (Å²) in [4.78, 5) is 31.6. The number of likely N-dealkylation sites (tertiary alicyclic amines) is 1. The highest BCUT2D eigenvalue weighted by atomic mass is 32.1. The van der Waals surface area contributed by atoms with Gasteiger partial charge in [-0.25, -0.2) is 4.98 Å². The number of thiophene rings is 1. The second kappa shape index (κ2) is 5.98. The van der Waals surface area contributed by atoms with Gasteiger partial charge in [0.05, 0.1) is 22.4 Å². The van der Waals surface area contributed by atoms with Gasteiger partial charge in [-0.1, -0.05) is 12.5 Å². The fourth-order valence-corrected chi connectivity index (χ4v) is 4.83. The molecular weight excluding hydrogens is 340 g/mol.